The topological polar surface area (TPSA) is 15.3 Å². The van der Waals surface area contributed by atoms with E-state index in [-0.39, 0.29) is 0 Å². The van der Waals surface area contributed by atoms with Gasteiger partial charge in [0.25, 0.3) is 0 Å². The molecule has 2 rings (SSSR count). The van der Waals surface area contributed by atoms with Crippen molar-refractivity contribution < 1.29 is 0 Å². The van der Waals surface area contributed by atoms with Crippen LogP contribution in [0.3, 0.4) is 0 Å². The second-order valence-corrected chi connectivity index (χ2v) is 7.32. The number of hydrogen-bond acceptors (Lipinski definition) is 2. The molecule has 1 aliphatic heterocycles. The monoisotopic (exact) mass is 294 g/mol. The number of rotatable bonds is 10. The Hall–Kier alpha value is -0.0800. The van der Waals surface area contributed by atoms with Crippen molar-refractivity contribution in [2.24, 2.45) is 0 Å². The summed E-state index contributed by atoms with van der Waals surface area (Å²) in [4.78, 5) is 2.87. The second-order valence-electron chi connectivity index (χ2n) is 7.32. The highest BCUT2D eigenvalue weighted by Gasteiger charge is 2.45. The predicted octanol–water partition coefficient (Wildman–Crippen LogP) is 4.73. The van der Waals surface area contributed by atoms with Gasteiger partial charge in [0.05, 0.1) is 0 Å². The van der Waals surface area contributed by atoms with Gasteiger partial charge in [0.1, 0.15) is 0 Å². The molecule has 1 saturated carbocycles. The molecule has 1 atom stereocenters. The van der Waals surface area contributed by atoms with E-state index in [4.69, 9.17) is 0 Å². The van der Waals surface area contributed by atoms with Gasteiger partial charge in [-0.05, 0) is 51.7 Å². The molecule has 2 nitrogen and oxygen atoms in total. The van der Waals surface area contributed by atoms with E-state index >= 15 is 0 Å². The summed E-state index contributed by atoms with van der Waals surface area (Å²) in [5.41, 5.74) is 0.511. The molecular weight excluding hydrogens is 256 g/mol. The van der Waals surface area contributed by atoms with Crippen LogP contribution in [0.5, 0.6) is 0 Å². The van der Waals surface area contributed by atoms with Crippen LogP contribution in [0, 0.1) is 0 Å². The minimum absolute atomic E-state index is 0.511. The SMILES string of the molecule is CCCCCCCC(NCC)C1(N2CCCC2)CCCC1. The van der Waals surface area contributed by atoms with E-state index in [1.807, 2.05) is 0 Å². The fourth-order valence-electron chi connectivity index (χ4n) is 4.79. The lowest BCUT2D eigenvalue weighted by Gasteiger charge is -2.45. The Morgan fingerprint density at radius 1 is 0.905 bits per heavy atom. The highest BCUT2D eigenvalue weighted by Crippen LogP contribution is 2.41. The number of nitrogens with zero attached hydrogens (tertiary/aromatic N) is 1. The van der Waals surface area contributed by atoms with Gasteiger partial charge < -0.3 is 5.32 Å². The molecule has 1 aliphatic carbocycles. The van der Waals surface area contributed by atoms with Crippen molar-refractivity contribution in [3.8, 4) is 0 Å². The van der Waals surface area contributed by atoms with Gasteiger partial charge in [-0.1, -0.05) is 58.8 Å². The molecule has 2 fully saturated rings. The Balaban J connectivity index is 1.92. The van der Waals surface area contributed by atoms with Crippen molar-refractivity contribution in [1.82, 2.24) is 10.2 Å². The van der Waals surface area contributed by atoms with Crippen LogP contribution in [0.4, 0.5) is 0 Å². The van der Waals surface area contributed by atoms with Crippen LogP contribution in [0.15, 0.2) is 0 Å². The standard InChI is InChI=1S/C19H38N2/c1-3-5-6-7-8-13-18(20-4-2)19(14-9-10-15-19)21-16-11-12-17-21/h18,20H,3-17H2,1-2H3. The molecule has 1 saturated heterocycles. The summed E-state index contributed by atoms with van der Waals surface area (Å²) in [7, 11) is 0. The van der Waals surface area contributed by atoms with Gasteiger partial charge in [0.2, 0.25) is 0 Å². The Morgan fingerprint density at radius 3 is 2.19 bits per heavy atom. The van der Waals surface area contributed by atoms with Crippen LogP contribution in [0.25, 0.3) is 0 Å². The molecule has 0 spiro atoms. The Kier molecular flexibility index (Phi) is 7.53. The first-order chi connectivity index (χ1) is 10.3. The molecule has 124 valence electrons. The predicted molar refractivity (Wildman–Crippen MR) is 92.8 cm³/mol. The maximum atomic E-state index is 3.89. The van der Waals surface area contributed by atoms with E-state index in [1.165, 1.54) is 90.1 Å². The van der Waals surface area contributed by atoms with Crippen molar-refractivity contribution >= 4 is 0 Å². The van der Waals surface area contributed by atoms with Crippen molar-refractivity contribution in [3.05, 3.63) is 0 Å². The van der Waals surface area contributed by atoms with E-state index in [9.17, 15) is 0 Å². The van der Waals surface area contributed by atoms with E-state index in [2.05, 4.69) is 24.1 Å². The Morgan fingerprint density at radius 2 is 1.57 bits per heavy atom. The Bertz CT molecular complexity index is 265. The third-order valence-electron chi connectivity index (χ3n) is 5.90. The molecule has 1 unspecified atom stereocenters. The molecule has 0 amide bonds. The summed E-state index contributed by atoms with van der Waals surface area (Å²) >= 11 is 0. The number of likely N-dealkylation sites (tertiary alicyclic amines) is 1. The second kappa shape index (κ2) is 9.15. The summed E-state index contributed by atoms with van der Waals surface area (Å²) < 4.78 is 0. The van der Waals surface area contributed by atoms with E-state index in [1.54, 1.807) is 0 Å². The van der Waals surface area contributed by atoms with Gasteiger partial charge in [-0.25, -0.2) is 0 Å². The maximum absolute atomic E-state index is 3.89. The van der Waals surface area contributed by atoms with Crippen molar-refractivity contribution in [3.63, 3.8) is 0 Å². The normalized spacial score (nSPS) is 23.7. The van der Waals surface area contributed by atoms with Gasteiger partial charge in [-0.3, -0.25) is 4.90 Å². The molecule has 1 N–H and O–H groups in total. The minimum atomic E-state index is 0.511. The number of unbranched alkanes of at least 4 members (excludes halogenated alkanes) is 4. The number of likely N-dealkylation sites (N-methyl/N-ethyl adjacent to an activating group) is 1. The largest absolute Gasteiger partial charge is 0.312 e. The van der Waals surface area contributed by atoms with Crippen LogP contribution in [-0.2, 0) is 0 Å². The van der Waals surface area contributed by atoms with Gasteiger partial charge in [-0.2, -0.15) is 0 Å². The summed E-state index contributed by atoms with van der Waals surface area (Å²) in [5.74, 6) is 0. The number of nitrogens with one attached hydrogen (secondary N) is 1. The van der Waals surface area contributed by atoms with Crippen LogP contribution < -0.4 is 5.32 Å². The lowest BCUT2D eigenvalue weighted by atomic mass is 9.83. The highest BCUT2D eigenvalue weighted by molar-refractivity contribution is 5.04. The first-order valence-corrected chi connectivity index (χ1v) is 9.82. The zero-order valence-electron chi connectivity index (χ0n) is 14.6. The van der Waals surface area contributed by atoms with Crippen molar-refractivity contribution in [2.75, 3.05) is 19.6 Å². The smallest absolute Gasteiger partial charge is 0.0362 e. The molecular formula is C19H38N2. The summed E-state index contributed by atoms with van der Waals surface area (Å²) in [5, 5.41) is 3.89. The lowest BCUT2D eigenvalue weighted by Crippen LogP contribution is -2.59. The molecule has 0 radical (unpaired) electrons. The number of hydrogen-bond donors (Lipinski definition) is 1. The van der Waals surface area contributed by atoms with E-state index < -0.39 is 0 Å². The molecule has 0 aromatic carbocycles. The van der Waals surface area contributed by atoms with E-state index in [0.717, 1.165) is 12.6 Å². The quantitative estimate of drug-likeness (QED) is 0.586. The van der Waals surface area contributed by atoms with E-state index in [0.29, 0.717) is 5.54 Å². The fourth-order valence-corrected chi connectivity index (χ4v) is 4.79. The molecule has 0 aromatic heterocycles. The van der Waals surface area contributed by atoms with Crippen LogP contribution in [-0.4, -0.2) is 36.1 Å². The molecule has 2 heteroatoms. The molecule has 2 aliphatic rings. The van der Waals surface area contributed by atoms with Gasteiger partial charge >= 0.3 is 0 Å². The highest BCUT2D eigenvalue weighted by atomic mass is 15.2. The molecule has 0 bridgehead atoms. The third kappa shape index (κ3) is 4.45. The first-order valence-electron chi connectivity index (χ1n) is 9.82. The zero-order chi connectivity index (χ0) is 15.0. The van der Waals surface area contributed by atoms with Crippen LogP contribution in [0.1, 0.15) is 90.9 Å². The fraction of sp³-hybridized carbons (Fsp3) is 1.00. The summed E-state index contributed by atoms with van der Waals surface area (Å²) in [6.45, 7) is 8.45. The third-order valence-corrected chi connectivity index (χ3v) is 5.90. The lowest BCUT2D eigenvalue weighted by molar-refractivity contribution is 0.0724. The van der Waals surface area contributed by atoms with Crippen LogP contribution >= 0.6 is 0 Å². The van der Waals surface area contributed by atoms with Crippen molar-refractivity contribution in [2.45, 2.75) is 102 Å². The first kappa shape index (κ1) is 17.3. The summed E-state index contributed by atoms with van der Waals surface area (Å²) in [6.07, 6.45) is 17.1. The Labute approximate surface area is 133 Å². The maximum Gasteiger partial charge on any atom is 0.0362 e. The molecule has 21 heavy (non-hydrogen) atoms. The van der Waals surface area contributed by atoms with Gasteiger partial charge in [-0.15, -0.1) is 0 Å². The van der Waals surface area contributed by atoms with Crippen molar-refractivity contribution in [1.29, 1.82) is 0 Å². The van der Waals surface area contributed by atoms with Gasteiger partial charge in [0.15, 0.2) is 0 Å². The minimum Gasteiger partial charge on any atom is -0.312 e. The zero-order valence-corrected chi connectivity index (χ0v) is 14.6. The average molecular weight is 295 g/mol. The van der Waals surface area contributed by atoms with Crippen LogP contribution in [0.2, 0.25) is 0 Å². The van der Waals surface area contributed by atoms with Gasteiger partial charge in [0, 0.05) is 11.6 Å². The molecule has 0 aromatic rings. The summed E-state index contributed by atoms with van der Waals surface area (Å²) in [6, 6.07) is 0.740. The average Bonchev–Trinajstić information content (AvgIpc) is 3.17. The molecule has 1 heterocycles.